The van der Waals surface area contributed by atoms with Gasteiger partial charge in [0.15, 0.2) is 5.43 Å². The lowest BCUT2D eigenvalue weighted by Gasteiger charge is -2.29. The number of nitrogens with one attached hydrogen (secondary N) is 1. The lowest BCUT2D eigenvalue weighted by atomic mass is 9.92. The van der Waals surface area contributed by atoms with Crippen LogP contribution in [-0.2, 0) is 5.41 Å². The van der Waals surface area contributed by atoms with E-state index in [1.165, 1.54) is 23.9 Å². The maximum Gasteiger partial charge on any atom is 0.400 e. The lowest BCUT2D eigenvalue weighted by molar-refractivity contribution is -0.161. The SMILES string of the molecule is Cc1c(C2(C(F)(F)F)CC2)nn(C2CCC(F)(F)CC2)c1-c1cc(=O)c2c(C(N)=O)nccc2[nH]1. The number of H-pyrrole nitrogens is 1. The molecule has 0 aromatic carbocycles. The van der Waals surface area contributed by atoms with Crippen LogP contribution < -0.4 is 11.2 Å². The zero-order valence-electron chi connectivity index (χ0n) is 18.7. The van der Waals surface area contributed by atoms with Crippen molar-refractivity contribution in [3.8, 4) is 11.4 Å². The molecule has 35 heavy (non-hydrogen) atoms. The first-order valence-corrected chi connectivity index (χ1v) is 11.2. The fourth-order valence-electron chi connectivity index (χ4n) is 5.12. The third-order valence-electron chi connectivity index (χ3n) is 7.16. The summed E-state index contributed by atoms with van der Waals surface area (Å²) in [5.74, 6) is -3.73. The average molecular weight is 495 g/mol. The van der Waals surface area contributed by atoms with Crippen LogP contribution >= 0.6 is 0 Å². The second-order valence-corrected chi connectivity index (χ2v) is 9.43. The van der Waals surface area contributed by atoms with Gasteiger partial charge in [0, 0.05) is 30.7 Å². The van der Waals surface area contributed by atoms with E-state index in [1.54, 1.807) is 0 Å². The van der Waals surface area contributed by atoms with Crippen LogP contribution in [0.25, 0.3) is 22.3 Å². The van der Waals surface area contributed by atoms with Gasteiger partial charge in [0.05, 0.1) is 34.0 Å². The first-order chi connectivity index (χ1) is 16.3. The molecule has 5 rings (SSSR count). The maximum absolute atomic E-state index is 14.0. The van der Waals surface area contributed by atoms with E-state index in [2.05, 4.69) is 15.1 Å². The van der Waals surface area contributed by atoms with Crippen LogP contribution in [0.5, 0.6) is 0 Å². The number of halogens is 5. The van der Waals surface area contributed by atoms with Gasteiger partial charge in [-0.15, -0.1) is 0 Å². The molecule has 2 aliphatic carbocycles. The highest BCUT2D eigenvalue weighted by molar-refractivity contribution is 6.03. The highest BCUT2D eigenvalue weighted by Gasteiger charge is 2.66. The number of hydrogen-bond acceptors (Lipinski definition) is 4. The van der Waals surface area contributed by atoms with Crippen LogP contribution in [-0.4, -0.2) is 37.8 Å². The predicted molar refractivity (Wildman–Crippen MR) is 116 cm³/mol. The summed E-state index contributed by atoms with van der Waals surface area (Å²) >= 11 is 0. The van der Waals surface area contributed by atoms with Gasteiger partial charge in [-0.05, 0) is 38.7 Å². The minimum absolute atomic E-state index is 0.0349. The normalized spacial score (nSPS) is 19.7. The molecule has 0 unspecified atom stereocenters. The monoisotopic (exact) mass is 495 g/mol. The predicted octanol–water partition coefficient (Wildman–Crippen LogP) is 4.54. The number of rotatable bonds is 4. The van der Waals surface area contributed by atoms with E-state index < -0.39 is 47.7 Å². The number of nitrogens with two attached hydrogens (primary N) is 1. The molecule has 0 saturated heterocycles. The summed E-state index contributed by atoms with van der Waals surface area (Å²) in [6, 6.07) is 2.05. The summed E-state index contributed by atoms with van der Waals surface area (Å²) < 4.78 is 71.0. The van der Waals surface area contributed by atoms with E-state index in [0.717, 1.165) is 6.07 Å². The Labute approximate surface area is 195 Å². The molecule has 3 aromatic rings. The number of carbonyl (C=O) groups is 1. The van der Waals surface area contributed by atoms with Gasteiger partial charge in [-0.3, -0.25) is 19.3 Å². The summed E-state index contributed by atoms with van der Waals surface area (Å²) in [5, 5.41) is 4.31. The molecule has 2 fully saturated rings. The Balaban J connectivity index is 1.72. The van der Waals surface area contributed by atoms with Gasteiger partial charge in [-0.1, -0.05) is 0 Å². The molecular weight excluding hydrogens is 473 g/mol. The Morgan fingerprint density at radius 3 is 2.43 bits per heavy atom. The summed E-state index contributed by atoms with van der Waals surface area (Å²) in [6.07, 6.45) is -4.21. The smallest absolute Gasteiger partial charge is 0.364 e. The number of fused-ring (bicyclic) bond motifs is 1. The first-order valence-electron chi connectivity index (χ1n) is 11.2. The molecule has 0 radical (unpaired) electrons. The summed E-state index contributed by atoms with van der Waals surface area (Å²) in [6.45, 7) is 1.50. The molecule has 7 nitrogen and oxygen atoms in total. The number of amides is 1. The van der Waals surface area contributed by atoms with Crippen molar-refractivity contribution in [3.63, 3.8) is 0 Å². The van der Waals surface area contributed by atoms with Crippen molar-refractivity contribution < 1.29 is 26.7 Å². The molecule has 2 aliphatic rings. The number of primary amides is 1. The average Bonchev–Trinajstić information content (AvgIpc) is 3.51. The van der Waals surface area contributed by atoms with Crippen molar-refractivity contribution in [1.82, 2.24) is 19.7 Å². The maximum atomic E-state index is 14.0. The van der Waals surface area contributed by atoms with Gasteiger partial charge in [-0.2, -0.15) is 18.3 Å². The fraction of sp³-hybridized carbons (Fsp3) is 0.478. The Kier molecular flexibility index (Phi) is 5.08. The number of nitrogens with zero attached hydrogens (tertiary/aromatic N) is 3. The van der Waals surface area contributed by atoms with Crippen LogP contribution in [0, 0.1) is 6.92 Å². The quantitative estimate of drug-likeness (QED) is 0.519. The number of aromatic nitrogens is 4. The molecule has 12 heteroatoms. The second kappa shape index (κ2) is 7.59. The zero-order chi connectivity index (χ0) is 25.3. The summed E-state index contributed by atoms with van der Waals surface area (Å²) in [7, 11) is 0. The number of carbonyl (C=O) groups excluding carboxylic acids is 1. The van der Waals surface area contributed by atoms with Crippen molar-refractivity contribution in [2.45, 2.75) is 69.0 Å². The van der Waals surface area contributed by atoms with Crippen LogP contribution in [0.15, 0.2) is 23.1 Å². The molecular formula is C23H22F5N5O2. The third-order valence-corrected chi connectivity index (χ3v) is 7.16. The summed E-state index contributed by atoms with van der Waals surface area (Å²) in [4.78, 5) is 31.6. The molecule has 3 N–H and O–H groups in total. The highest BCUT2D eigenvalue weighted by atomic mass is 19.4. The molecule has 3 heterocycles. The molecule has 2 saturated carbocycles. The van der Waals surface area contributed by atoms with E-state index in [0.29, 0.717) is 0 Å². The topological polar surface area (TPSA) is 107 Å². The minimum atomic E-state index is -4.52. The Morgan fingerprint density at radius 1 is 1.20 bits per heavy atom. The number of pyridine rings is 2. The highest BCUT2D eigenvalue weighted by Crippen LogP contribution is 2.60. The molecule has 3 aromatic heterocycles. The lowest BCUT2D eigenvalue weighted by Crippen LogP contribution is -2.30. The van der Waals surface area contributed by atoms with E-state index in [1.807, 2.05) is 0 Å². The second-order valence-electron chi connectivity index (χ2n) is 9.43. The van der Waals surface area contributed by atoms with Crippen molar-refractivity contribution in [3.05, 3.63) is 45.5 Å². The van der Waals surface area contributed by atoms with Crippen LogP contribution in [0.3, 0.4) is 0 Å². The van der Waals surface area contributed by atoms with Gasteiger partial charge in [0.25, 0.3) is 5.91 Å². The standard InChI is InChI=1S/C23H22F5N5O2/c1-11-18(14-10-15(34)16-13(31-14)4-9-30-17(16)20(29)35)33(12-2-5-22(24,25)6-3-12)32-19(11)21(7-8-21)23(26,27)28/h4,9-10,12H,2-3,5-8H2,1H3,(H2,29,35)(H,31,34). The van der Waals surface area contributed by atoms with E-state index in [9.17, 15) is 31.5 Å². The third kappa shape index (κ3) is 3.69. The first kappa shape index (κ1) is 23.4. The van der Waals surface area contributed by atoms with Crippen molar-refractivity contribution >= 4 is 16.8 Å². The Hall–Kier alpha value is -3.31. The molecule has 1 amide bonds. The van der Waals surface area contributed by atoms with Crippen molar-refractivity contribution in [1.29, 1.82) is 0 Å². The minimum Gasteiger partial charge on any atom is -0.364 e. The van der Waals surface area contributed by atoms with Gasteiger partial charge in [-0.25, -0.2) is 8.78 Å². The van der Waals surface area contributed by atoms with Gasteiger partial charge in [0.2, 0.25) is 5.92 Å². The molecule has 186 valence electrons. The Bertz CT molecular complexity index is 1390. The van der Waals surface area contributed by atoms with E-state index in [-0.39, 0.29) is 64.9 Å². The molecule has 0 atom stereocenters. The van der Waals surface area contributed by atoms with Crippen LogP contribution in [0.4, 0.5) is 22.0 Å². The zero-order valence-corrected chi connectivity index (χ0v) is 18.7. The molecule has 0 aliphatic heterocycles. The van der Waals surface area contributed by atoms with E-state index >= 15 is 0 Å². The fourth-order valence-corrected chi connectivity index (χ4v) is 5.12. The van der Waals surface area contributed by atoms with E-state index in [4.69, 9.17) is 5.73 Å². The van der Waals surface area contributed by atoms with Crippen LogP contribution in [0.1, 0.15) is 66.3 Å². The Morgan fingerprint density at radius 2 is 1.86 bits per heavy atom. The van der Waals surface area contributed by atoms with Gasteiger partial charge >= 0.3 is 6.18 Å². The number of hydrogen-bond donors (Lipinski definition) is 2. The molecule has 0 spiro atoms. The van der Waals surface area contributed by atoms with Gasteiger partial charge in [0.1, 0.15) is 11.1 Å². The number of alkyl halides is 5. The van der Waals surface area contributed by atoms with Crippen LogP contribution in [0.2, 0.25) is 0 Å². The number of aromatic amines is 1. The largest absolute Gasteiger partial charge is 0.400 e. The van der Waals surface area contributed by atoms with Crippen molar-refractivity contribution in [2.24, 2.45) is 5.73 Å². The summed E-state index contributed by atoms with van der Waals surface area (Å²) in [5.41, 5.74) is 3.13. The van der Waals surface area contributed by atoms with Gasteiger partial charge < -0.3 is 10.7 Å². The molecule has 0 bridgehead atoms. The van der Waals surface area contributed by atoms with Crippen molar-refractivity contribution in [2.75, 3.05) is 0 Å².